The Labute approximate surface area is 215 Å². The van der Waals surface area contributed by atoms with Crippen LogP contribution in [0.1, 0.15) is 26.7 Å². The molecular formula is C27H32N8S. The van der Waals surface area contributed by atoms with E-state index >= 15 is 0 Å². The minimum Gasteiger partial charge on any atom is -0.369 e. The molecule has 9 heteroatoms. The Morgan fingerprint density at radius 2 is 1.75 bits per heavy atom. The third-order valence-electron chi connectivity index (χ3n) is 6.07. The highest BCUT2D eigenvalue weighted by atomic mass is 32.1. The van der Waals surface area contributed by atoms with Crippen LogP contribution in [0, 0.1) is 0 Å². The van der Waals surface area contributed by atoms with E-state index in [2.05, 4.69) is 92.0 Å². The van der Waals surface area contributed by atoms with Crippen LogP contribution in [0.4, 0.5) is 23.3 Å². The van der Waals surface area contributed by atoms with Gasteiger partial charge in [-0.3, -0.25) is 5.10 Å². The Kier molecular flexibility index (Phi) is 7.29. The van der Waals surface area contributed by atoms with E-state index in [-0.39, 0.29) is 5.95 Å². The maximum absolute atomic E-state index is 6.05. The molecule has 2 aromatic carbocycles. The highest BCUT2D eigenvalue weighted by molar-refractivity contribution is 7.22. The number of nitrogens with one attached hydrogen (secondary N) is 3. The summed E-state index contributed by atoms with van der Waals surface area (Å²) < 4.78 is 1.26. The maximum atomic E-state index is 6.05. The third kappa shape index (κ3) is 5.42. The predicted molar refractivity (Wildman–Crippen MR) is 152 cm³/mol. The van der Waals surface area contributed by atoms with E-state index in [4.69, 9.17) is 5.73 Å². The number of nitrogens with zero attached hydrogens (tertiary/aromatic N) is 4. The number of hydrogen-bond acceptors (Lipinski definition) is 8. The molecule has 0 fully saturated rings. The molecule has 0 unspecified atom stereocenters. The van der Waals surface area contributed by atoms with Crippen LogP contribution in [0.5, 0.6) is 0 Å². The molecule has 0 amide bonds. The highest BCUT2D eigenvalue weighted by Crippen LogP contribution is 2.38. The van der Waals surface area contributed by atoms with Gasteiger partial charge >= 0.3 is 0 Å². The zero-order valence-corrected chi connectivity index (χ0v) is 21.5. The van der Waals surface area contributed by atoms with E-state index in [0.717, 1.165) is 61.2 Å². The summed E-state index contributed by atoms with van der Waals surface area (Å²) in [4.78, 5) is 12.4. The summed E-state index contributed by atoms with van der Waals surface area (Å²) in [5, 5.41) is 16.5. The lowest BCUT2D eigenvalue weighted by molar-refractivity contribution is 0.285. The zero-order chi connectivity index (χ0) is 24.9. The van der Waals surface area contributed by atoms with Crippen molar-refractivity contribution < 1.29 is 0 Å². The lowest BCUT2D eigenvalue weighted by Gasteiger charge is -2.21. The van der Waals surface area contributed by atoms with E-state index in [0.29, 0.717) is 11.6 Å². The zero-order valence-electron chi connectivity index (χ0n) is 20.7. The number of hydrogen-bond donors (Lipinski definition) is 4. The molecule has 5 N–H and O–H groups in total. The Hall–Kier alpha value is -3.69. The summed E-state index contributed by atoms with van der Waals surface area (Å²) in [5.74, 6) is 1.59. The van der Waals surface area contributed by atoms with Gasteiger partial charge in [-0.25, -0.2) is 0 Å². The lowest BCUT2D eigenvalue weighted by Crippen LogP contribution is -2.30. The summed E-state index contributed by atoms with van der Waals surface area (Å²) in [7, 11) is 0. The molecule has 0 bridgehead atoms. The van der Waals surface area contributed by atoms with Gasteiger partial charge in [0.05, 0.1) is 11.7 Å². The highest BCUT2D eigenvalue weighted by Gasteiger charge is 2.13. The second-order valence-electron chi connectivity index (χ2n) is 8.90. The van der Waals surface area contributed by atoms with E-state index in [9.17, 15) is 0 Å². The fourth-order valence-electron chi connectivity index (χ4n) is 4.52. The van der Waals surface area contributed by atoms with Crippen LogP contribution in [0.2, 0.25) is 0 Å². The number of benzene rings is 2. The normalized spacial score (nSPS) is 11.5. The molecule has 8 nitrogen and oxygen atoms in total. The molecule has 0 saturated carbocycles. The third-order valence-corrected chi connectivity index (χ3v) is 7.22. The van der Waals surface area contributed by atoms with Crippen LogP contribution < -0.4 is 16.4 Å². The van der Waals surface area contributed by atoms with E-state index in [1.165, 1.54) is 15.0 Å². The van der Waals surface area contributed by atoms with Crippen molar-refractivity contribution in [3.8, 4) is 10.4 Å². The van der Waals surface area contributed by atoms with Gasteiger partial charge in [-0.2, -0.15) is 15.1 Å². The predicted octanol–water partition coefficient (Wildman–Crippen LogP) is 6.09. The number of aromatic nitrogens is 4. The van der Waals surface area contributed by atoms with Gasteiger partial charge in [-0.05, 0) is 55.6 Å². The van der Waals surface area contributed by atoms with Crippen molar-refractivity contribution in [2.45, 2.75) is 26.7 Å². The lowest BCUT2D eigenvalue weighted by atomic mass is 10.1. The van der Waals surface area contributed by atoms with Crippen molar-refractivity contribution in [2.75, 3.05) is 42.5 Å². The smallest absolute Gasteiger partial charge is 0.223 e. The van der Waals surface area contributed by atoms with Crippen molar-refractivity contribution in [1.29, 1.82) is 0 Å². The summed E-state index contributed by atoms with van der Waals surface area (Å²) >= 11 is 1.77. The molecule has 3 heterocycles. The summed E-state index contributed by atoms with van der Waals surface area (Å²) in [6, 6.07) is 16.8. The first-order valence-electron chi connectivity index (χ1n) is 12.5. The van der Waals surface area contributed by atoms with Crippen molar-refractivity contribution in [3.05, 3.63) is 54.7 Å². The average molecular weight is 501 g/mol. The number of nitrogen functional groups attached to an aromatic ring is 1. The standard InChI is InChI=1S/C27H32N8S/c1-3-10-35(11-4-2)12-9-29-24-16-25(33-27(28)32-24)31-20-13-19-17-30-34-26(19)21(15-20)23-14-18-7-5-6-8-22(18)36-23/h5-8,13-17H,3-4,9-12H2,1-2H3,(H,30,34)(H4,28,29,31,32,33). The number of thiophene rings is 1. The van der Waals surface area contributed by atoms with Gasteiger partial charge in [0.25, 0.3) is 0 Å². The van der Waals surface area contributed by atoms with E-state index in [1.807, 2.05) is 12.3 Å². The Morgan fingerprint density at radius 3 is 2.56 bits per heavy atom. The number of rotatable bonds is 11. The molecule has 0 aliphatic heterocycles. The quantitative estimate of drug-likeness (QED) is 0.174. The molecule has 0 aliphatic rings. The van der Waals surface area contributed by atoms with E-state index in [1.54, 1.807) is 11.3 Å². The molecule has 36 heavy (non-hydrogen) atoms. The average Bonchev–Trinajstić information content (AvgIpc) is 3.50. The summed E-state index contributed by atoms with van der Waals surface area (Å²) in [6.45, 7) is 8.40. The molecule has 5 rings (SSSR count). The topological polar surface area (TPSA) is 108 Å². The first-order valence-corrected chi connectivity index (χ1v) is 13.3. The number of anilines is 4. The second kappa shape index (κ2) is 10.9. The Morgan fingerprint density at radius 1 is 0.944 bits per heavy atom. The summed E-state index contributed by atoms with van der Waals surface area (Å²) in [5.41, 5.74) is 9.08. The first-order chi connectivity index (χ1) is 17.6. The van der Waals surface area contributed by atoms with Gasteiger partial charge in [0.15, 0.2) is 0 Å². The fraction of sp³-hybridized carbons (Fsp3) is 0.296. The maximum Gasteiger partial charge on any atom is 0.223 e. The van der Waals surface area contributed by atoms with Crippen LogP contribution in [0.15, 0.2) is 54.7 Å². The van der Waals surface area contributed by atoms with Gasteiger partial charge in [-0.1, -0.05) is 32.0 Å². The molecule has 0 saturated heterocycles. The van der Waals surface area contributed by atoms with Crippen LogP contribution in [0.3, 0.4) is 0 Å². The molecule has 5 aromatic rings. The van der Waals surface area contributed by atoms with Crippen molar-refractivity contribution >= 4 is 55.6 Å². The number of aromatic amines is 1. The first kappa shape index (κ1) is 24.0. The van der Waals surface area contributed by atoms with Gasteiger partial charge in [-0.15, -0.1) is 11.3 Å². The monoisotopic (exact) mass is 500 g/mol. The van der Waals surface area contributed by atoms with Gasteiger partial charge in [0.2, 0.25) is 5.95 Å². The molecule has 0 radical (unpaired) electrons. The SMILES string of the molecule is CCCN(CCC)CCNc1cc(Nc2cc(-c3cc4ccccc4s3)c3[nH]ncc3c2)nc(N)n1. The number of H-pyrrole nitrogens is 1. The molecule has 0 atom stereocenters. The number of fused-ring (bicyclic) bond motifs is 2. The minimum absolute atomic E-state index is 0.232. The van der Waals surface area contributed by atoms with Gasteiger partial charge in [0.1, 0.15) is 11.6 Å². The Balaban J connectivity index is 1.37. The molecular weight excluding hydrogens is 468 g/mol. The summed E-state index contributed by atoms with van der Waals surface area (Å²) in [6.07, 6.45) is 4.15. The fourth-order valence-corrected chi connectivity index (χ4v) is 5.60. The van der Waals surface area contributed by atoms with E-state index < -0.39 is 0 Å². The second-order valence-corrected chi connectivity index (χ2v) is 9.98. The molecule has 3 aromatic heterocycles. The van der Waals surface area contributed by atoms with Gasteiger partial charge < -0.3 is 21.3 Å². The molecule has 0 aliphatic carbocycles. The van der Waals surface area contributed by atoms with Crippen LogP contribution in [-0.4, -0.2) is 51.2 Å². The van der Waals surface area contributed by atoms with Crippen LogP contribution >= 0.6 is 11.3 Å². The van der Waals surface area contributed by atoms with Gasteiger partial charge in [0, 0.05) is 45.4 Å². The van der Waals surface area contributed by atoms with Crippen molar-refractivity contribution in [1.82, 2.24) is 25.1 Å². The largest absolute Gasteiger partial charge is 0.369 e. The molecule has 186 valence electrons. The molecule has 0 spiro atoms. The number of nitrogens with two attached hydrogens (primary N) is 1. The van der Waals surface area contributed by atoms with Crippen molar-refractivity contribution in [2.24, 2.45) is 0 Å². The van der Waals surface area contributed by atoms with Crippen molar-refractivity contribution in [3.63, 3.8) is 0 Å². The minimum atomic E-state index is 0.232. The van der Waals surface area contributed by atoms with Crippen LogP contribution in [-0.2, 0) is 0 Å². The Bertz CT molecular complexity index is 1420. The van der Waals surface area contributed by atoms with Crippen LogP contribution in [0.25, 0.3) is 31.4 Å².